The Morgan fingerprint density at radius 3 is 2.24 bits per heavy atom. The van der Waals surface area contributed by atoms with Crippen molar-refractivity contribution in [2.45, 2.75) is 13.1 Å². The highest BCUT2D eigenvalue weighted by Gasteiger charge is 2.31. The number of halogens is 3. The van der Waals surface area contributed by atoms with Crippen molar-refractivity contribution in [3.05, 3.63) is 47.8 Å². The summed E-state index contributed by atoms with van der Waals surface area (Å²) >= 11 is 0. The van der Waals surface area contributed by atoms with E-state index in [-0.39, 0.29) is 0 Å². The van der Waals surface area contributed by atoms with Crippen LogP contribution in [0.3, 0.4) is 0 Å². The van der Waals surface area contributed by atoms with Crippen molar-refractivity contribution >= 4 is 0 Å². The van der Waals surface area contributed by atoms with Crippen molar-refractivity contribution in [2.24, 2.45) is 0 Å². The Kier molecular flexibility index (Phi) is 2.83. The van der Waals surface area contributed by atoms with E-state index in [0.717, 1.165) is 12.1 Å². The van der Waals surface area contributed by atoms with E-state index in [2.05, 4.69) is 9.97 Å². The number of aryl methyl sites for hydroxylation is 1. The number of hydrogen-bond acceptors (Lipinski definition) is 2. The molecule has 0 saturated heterocycles. The second-order valence-electron chi connectivity index (χ2n) is 3.66. The highest BCUT2D eigenvalue weighted by atomic mass is 19.4. The molecule has 0 atom stereocenters. The molecule has 0 N–H and O–H groups in total. The fraction of sp³-hybridized carbons (Fsp3) is 0.167. The van der Waals surface area contributed by atoms with Gasteiger partial charge in [-0.3, -0.25) is 0 Å². The summed E-state index contributed by atoms with van der Waals surface area (Å²) in [6.45, 7) is 1.61. The minimum atomic E-state index is -4.35. The molecule has 1 aromatic heterocycles. The third kappa shape index (κ3) is 2.61. The van der Waals surface area contributed by atoms with E-state index >= 15 is 0 Å². The highest BCUT2D eigenvalue weighted by molar-refractivity contribution is 5.57. The zero-order valence-corrected chi connectivity index (χ0v) is 8.99. The van der Waals surface area contributed by atoms with E-state index in [0.29, 0.717) is 17.0 Å². The molecule has 0 spiro atoms. The third-order valence-electron chi connectivity index (χ3n) is 2.23. The monoisotopic (exact) mass is 238 g/mol. The Bertz CT molecular complexity index is 521. The number of aromatic nitrogens is 2. The molecule has 0 bridgehead atoms. The first-order chi connectivity index (χ1) is 7.97. The Morgan fingerprint density at radius 2 is 1.65 bits per heavy atom. The summed E-state index contributed by atoms with van der Waals surface area (Å²) < 4.78 is 37.9. The van der Waals surface area contributed by atoms with E-state index < -0.39 is 11.7 Å². The SMILES string of the molecule is Cc1cc(-c2ncccn2)cc(C(F)(F)F)c1. The van der Waals surface area contributed by atoms with Gasteiger partial charge in [0, 0.05) is 18.0 Å². The van der Waals surface area contributed by atoms with Crippen molar-refractivity contribution in [1.82, 2.24) is 9.97 Å². The molecule has 5 heteroatoms. The molecule has 0 aliphatic heterocycles. The van der Waals surface area contributed by atoms with Crippen LogP contribution < -0.4 is 0 Å². The van der Waals surface area contributed by atoms with E-state index in [1.807, 2.05) is 0 Å². The molecule has 0 aliphatic rings. The normalized spacial score (nSPS) is 11.5. The van der Waals surface area contributed by atoms with Gasteiger partial charge in [0.1, 0.15) is 0 Å². The largest absolute Gasteiger partial charge is 0.416 e. The standard InChI is InChI=1S/C12H9F3N2/c1-8-5-9(11-16-3-2-4-17-11)7-10(6-8)12(13,14)15/h2-7H,1H3. The average molecular weight is 238 g/mol. The molecule has 2 aromatic rings. The maximum absolute atomic E-state index is 12.6. The predicted molar refractivity (Wildman–Crippen MR) is 57.2 cm³/mol. The first-order valence-corrected chi connectivity index (χ1v) is 4.93. The smallest absolute Gasteiger partial charge is 0.237 e. The van der Waals surface area contributed by atoms with E-state index in [9.17, 15) is 13.2 Å². The van der Waals surface area contributed by atoms with E-state index in [1.54, 1.807) is 19.1 Å². The number of hydrogen-bond donors (Lipinski definition) is 0. The second kappa shape index (κ2) is 4.16. The number of benzene rings is 1. The summed E-state index contributed by atoms with van der Waals surface area (Å²) in [6, 6.07) is 5.41. The molecule has 88 valence electrons. The maximum atomic E-state index is 12.6. The molecule has 0 radical (unpaired) electrons. The summed E-state index contributed by atoms with van der Waals surface area (Å²) in [5.41, 5.74) is 0.222. The van der Waals surface area contributed by atoms with Gasteiger partial charge in [-0.2, -0.15) is 13.2 Å². The fourth-order valence-corrected chi connectivity index (χ4v) is 1.52. The summed E-state index contributed by atoms with van der Waals surface area (Å²) in [4.78, 5) is 7.87. The number of rotatable bonds is 1. The molecule has 17 heavy (non-hydrogen) atoms. The molecule has 0 aliphatic carbocycles. The minimum absolute atomic E-state index is 0.293. The van der Waals surface area contributed by atoms with Crippen molar-refractivity contribution in [2.75, 3.05) is 0 Å². The molecule has 1 aromatic carbocycles. The molecule has 0 fully saturated rings. The Morgan fingerprint density at radius 1 is 1.00 bits per heavy atom. The lowest BCUT2D eigenvalue weighted by Gasteiger charge is -2.09. The maximum Gasteiger partial charge on any atom is 0.416 e. The van der Waals surface area contributed by atoms with Crippen LogP contribution >= 0.6 is 0 Å². The van der Waals surface area contributed by atoms with Crippen molar-refractivity contribution < 1.29 is 13.2 Å². The summed E-state index contributed by atoms with van der Waals surface area (Å²) in [5, 5.41) is 0. The van der Waals surface area contributed by atoms with E-state index in [1.165, 1.54) is 12.4 Å². The van der Waals surface area contributed by atoms with Crippen LogP contribution in [0.4, 0.5) is 13.2 Å². The quantitative estimate of drug-likeness (QED) is 0.760. The van der Waals surface area contributed by atoms with Gasteiger partial charge >= 0.3 is 6.18 Å². The van der Waals surface area contributed by atoms with Gasteiger partial charge in [-0.1, -0.05) is 0 Å². The second-order valence-corrected chi connectivity index (χ2v) is 3.66. The number of nitrogens with zero attached hydrogens (tertiary/aromatic N) is 2. The third-order valence-corrected chi connectivity index (χ3v) is 2.23. The summed E-state index contributed by atoms with van der Waals surface area (Å²) in [7, 11) is 0. The van der Waals surface area contributed by atoms with Gasteiger partial charge in [-0.15, -0.1) is 0 Å². The summed E-state index contributed by atoms with van der Waals surface area (Å²) in [6.07, 6.45) is -1.36. The Balaban J connectivity index is 2.54. The van der Waals surface area contributed by atoms with Gasteiger partial charge in [-0.25, -0.2) is 9.97 Å². The molecule has 0 saturated carbocycles. The summed E-state index contributed by atoms with van der Waals surface area (Å²) in [5.74, 6) is 0.293. The van der Waals surface area contributed by atoms with Gasteiger partial charge in [0.2, 0.25) is 0 Å². The first-order valence-electron chi connectivity index (χ1n) is 4.93. The molecule has 0 amide bonds. The van der Waals surface area contributed by atoms with Crippen LogP contribution in [0, 0.1) is 6.92 Å². The van der Waals surface area contributed by atoms with Crippen LogP contribution in [0.5, 0.6) is 0 Å². The first kappa shape index (κ1) is 11.6. The van der Waals surface area contributed by atoms with E-state index in [4.69, 9.17) is 0 Å². The fourth-order valence-electron chi connectivity index (χ4n) is 1.52. The lowest BCUT2D eigenvalue weighted by Crippen LogP contribution is -2.05. The lowest BCUT2D eigenvalue weighted by molar-refractivity contribution is -0.137. The highest BCUT2D eigenvalue weighted by Crippen LogP contribution is 2.32. The molecular weight excluding hydrogens is 229 g/mol. The molecular formula is C12H9F3N2. The topological polar surface area (TPSA) is 25.8 Å². The van der Waals surface area contributed by atoms with Crippen LogP contribution in [0.1, 0.15) is 11.1 Å². The van der Waals surface area contributed by atoms with Crippen LogP contribution in [-0.4, -0.2) is 9.97 Å². The average Bonchev–Trinajstić information content (AvgIpc) is 2.28. The van der Waals surface area contributed by atoms with Crippen LogP contribution in [0.15, 0.2) is 36.7 Å². The Hall–Kier alpha value is -1.91. The van der Waals surface area contributed by atoms with Gasteiger partial charge in [0.15, 0.2) is 5.82 Å². The van der Waals surface area contributed by atoms with Crippen LogP contribution in [-0.2, 0) is 6.18 Å². The van der Waals surface area contributed by atoms with Crippen molar-refractivity contribution in [3.63, 3.8) is 0 Å². The van der Waals surface area contributed by atoms with Crippen molar-refractivity contribution in [3.8, 4) is 11.4 Å². The molecule has 2 nitrogen and oxygen atoms in total. The Labute approximate surface area is 96.2 Å². The lowest BCUT2D eigenvalue weighted by atomic mass is 10.1. The van der Waals surface area contributed by atoms with Gasteiger partial charge < -0.3 is 0 Å². The van der Waals surface area contributed by atoms with Crippen LogP contribution in [0.2, 0.25) is 0 Å². The molecule has 2 rings (SSSR count). The van der Waals surface area contributed by atoms with Gasteiger partial charge in [-0.05, 0) is 36.8 Å². The van der Waals surface area contributed by atoms with Gasteiger partial charge in [0.25, 0.3) is 0 Å². The molecule has 0 unspecified atom stereocenters. The minimum Gasteiger partial charge on any atom is -0.237 e. The van der Waals surface area contributed by atoms with Crippen LogP contribution in [0.25, 0.3) is 11.4 Å². The molecule has 1 heterocycles. The zero-order chi connectivity index (χ0) is 12.5. The predicted octanol–water partition coefficient (Wildman–Crippen LogP) is 3.47. The van der Waals surface area contributed by atoms with Gasteiger partial charge in [0.05, 0.1) is 5.56 Å². The zero-order valence-electron chi connectivity index (χ0n) is 8.99. The van der Waals surface area contributed by atoms with Crippen molar-refractivity contribution in [1.29, 1.82) is 0 Å². The number of alkyl halides is 3.